The number of hydrogen-bond acceptors (Lipinski definition) is 5. The van der Waals surface area contributed by atoms with Crippen molar-refractivity contribution in [2.75, 3.05) is 13.1 Å². The topological polar surface area (TPSA) is 84.7 Å². The molecule has 1 aliphatic heterocycles. The van der Waals surface area contributed by atoms with Gasteiger partial charge in [-0.3, -0.25) is 0 Å². The van der Waals surface area contributed by atoms with E-state index in [0.29, 0.717) is 5.76 Å². The third kappa shape index (κ3) is 3.84. The van der Waals surface area contributed by atoms with Crippen LogP contribution in [0.2, 0.25) is 0 Å². The van der Waals surface area contributed by atoms with E-state index in [1.165, 1.54) is 29.6 Å². The summed E-state index contributed by atoms with van der Waals surface area (Å²) in [6.45, 7) is 1.73. The van der Waals surface area contributed by atoms with E-state index in [9.17, 15) is 21.2 Å². The van der Waals surface area contributed by atoms with Crippen LogP contribution in [0.4, 0.5) is 4.39 Å². The predicted molar refractivity (Wildman–Crippen MR) is 94.2 cm³/mol. The van der Waals surface area contributed by atoms with Crippen LogP contribution in [-0.4, -0.2) is 39.5 Å². The highest BCUT2D eigenvalue weighted by Gasteiger charge is 2.35. The smallest absolute Gasteiger partial charge is 0.243 e. The van der Waals surface area contributed by atoms with Crippen molar-refractivity contribution in [2.24, 2.45) is 0 Å². The van der Waals surface area contributed by atoms with E-state index < -0.39 is 30.9 Å². The third-order valence-corrected chi connectivity index (χ3v) is 8.67. The Balaban J connectivity index is 1.70. The molecule has 1 saturated heterocycles. The molecule has 3 rings (SSSR count). The molecule has 9 heteroatoms. The first-order valence-electron chi connectivity index (χ1n) is 8.20. The van der Waals surface area contributed by atoms with Crippen LogP contribution >= 0.6 is 0 Å². The van der Waals surface area contributed by atoms with Gasteiger partial charge in [-0.15, -0.1) is 0 Å². The maximum absolute atomic E-state index is 13.4. The Bertz CT molecular complexity index is 976. The second kappa shape index (κ2) is 7.13. The normalized spacial score (nSPS) is 17.5. The molecule has 0 radical (unpaired) electrons. The van der Waals surface area contributed by atoms with Gasteiger partial charge in [0.05, 0.1) is 16.4 Å². The second-order valence-corrected chi connectivity index (χ2v) is 10.6. The van der Waals surface area contributed by atoms with Gasteiger partial charge in [-0.1, -0.05) is 0 Å². The van der Waals surface area contributed by atoms with Gasteiger partial charge < -0.3 is 4.42 Å². The summed E-state index contributed by atoms with van der Waals surface area (Å²) in [6.07, 6.45) is 1.87. The number of hydrogen-bond donors (Lipinski definition) is 0. The molecular formula is C17H20FNO5S2. The number of halogens is 1. The number of furan rings is 1. The molecule has 2 heterocycles. The summed E-state index contributed by atoms with van der Waals surface area (Å²) in [4.78, 5) is 0.0216. The molecule has 1 aromatic heterocycles. The number of piperidine rings is 1. The van der Waals surface area contributed by atoms with Crippen LogP contribution in [0.15, 0.2) is 45.9 Å². The lowest BCUT2D eigenvalue weighted by Gasteiger charge is -2.30. The molecule has 0 saturated carbocycles. The Morgan fingerprint density at radius 3 is 2.42 bits per heavy atom. The minimum atomic E-state index is -3.77. The summed E-state index contributed by atoms with van der Waals surface area (Å²) in [5, 5.41) is -0.603. The second-order valence-electron chi connectivity index (χ2n) is 6.40. The average Bonchev–Trinajstić information content (AvgIpc) is 3.09. The van der Waals surface area contributed by atoms with Crippen molar-refractivity contribution in [2.45, 2.75) is 35.7 Å². The molecular weight excluding hydrogens is 381 g/mol. The van der Waals surface area contributed by atoms with E-state index >= 15 is 0 Å². The van der Waals surface area contributed by atoms with E-state index in [0.717, 1.165) is 6.07 Å². The van der Waals surface area contributed by atoms with Gasteiger partial charge in [0.2, 0.25) is 10.0 Å². The lowest BCUT2D eigenvalue weighted by atomic mass is 10.2. The molecule has 0 bridgehead atoms. The fourth-order valence-corrected chi connectivity index (χ4v) is 6.35. The van der Waals surface area contributed by atoms with Gasteiger partial charge in [0.25, 0.3) is 0 Å². The van der Waals surface area contributed by atoms with Crippen LogP contribution in [0.25, 0.3) is 0 Å². The van der Waals surface area contributed by atoms with Gasteiger partial charge in [-0.05, 0) is 55.7 Å². The highest BCUT2D eigenvalue weighted by molar-refractivity contribution is 7.91. The van der Waals surface area contributed by atoms with Crippen LogP contribution in [0.3, 0.4) is 0 Å². The first kappa shape index (κ1) is 19.1. The average molecular weight is 401 g/mol. The zero-order valence-corrected chi connectivity index (χ0v) is 15.9. The summed E-state index contributed by atoms with van der Waals surface area (Å²) in [5.74, 6) is -0.275. The molecule has 142 valence electrons. The molecule has 0 spiro atoms. The Morgan fingerprint density at radius 1 is 1.15 bits per heavy atom. The van der Waals surface area contributed by atoms with Gasteiger partial charge in [0.15, 0.2) is 9.84 Å². The molecule has 1 aliphatic rings. The number of rotatable bonds is 5. The molecule has 26 heavy (non-hydrogen) atoms. The van der Waals surface area contributed by atoms with Crippen LogP contribution in [0.5, 0.6) is 0 Å². The lowest BCUT2D eigenvalue weighted by molar-refractivity contribution is 0.345. The van der Waals surface area contributed by atoms with Gasteiger partial charge in [-0.25, -0.2) is 21.2 Å². The Kier molecular flexibility index (Phi) is 5.23. The number of sulfonamides is 1. The number of nitrogens with zero attached hydrogens (tertiary/aromatic N) is 1. The number of aryl methyl sites for hydroxylation is 1. The van der Waals surface area contributed by atoms with E-state index in [1.807, 2.05) is 0 Å². The van der Waals surface area contributed by atoms with Crippen molar-refractivity contribution < 1.29 is 25.6 Å². The number of benzene rings is 1. The maximum atomic E-state index is 13.4. The van der Waals surface area contributed by atoms with Gasteiger partial charge in [0, 0.05) is 13.1 Å². The molecule has 1 aromatic carbocycles. The van der Waals surface area contributed by atoms with E-state index in [-0.39, 0.29) is 42.1 Å². The predicted octanol–water partition coefficient (Wildman–Crippen LogP) is 2.50. The molecule has 6 nitrogen and oxygen atoms in total. The third-order valence-electron chi connectivity index (χ3n) is 4.60. The fourth-order valence-electron chi connectivity index (χ4n) is 3.07. The molecule has 0 N–H and O–H groups in total. The van der Waals surface area contributed by atoms with Gasteiger partial charge in [-0.2, -0.15) is 4.31 Å². The molecule has 1 fully saturated rings. The van der Waals surface area contributed by atoms with Gasteiger partial charge >= 0.3 is 0 Å². The van der Waals surface area contributed by atoms with E-state index in [1.54, 1.807) is 12.1 Å². The van der Waals surface area contributed by atoms with Crippen LogP contribution in [-0.2, 0) is 25.6 Å². The summed E-state index contributed by atoms with van der Waals surface area (Å²) >= 11 is 0. The summed E-state index contributed by atoms with van der Waals surface area (Å²) < 4.78 is 70.1. The van der Waals surface area contributed by atoms with Crippen molar-refractivity contribution in [1.82, 2.24) is 4.31 Å². The quantitative estimate of drug-likeness (QED) is 0.769. The van der Waals surface area contributed by atoms with Crippen molar-refractivity contribution in [3.05, 3.63) is 53.7 Å². The molecule has 0 aliphatic carbocycles. The zero-order chi connectivity index (χ0) is 18.9. The lowest BCUT2D eigenvalue weighted by Crippen LogP contribution is -2.42. The standard InChI is InChI=1S/C17H20FNO5S2/c1-13-11-16(4-5-17(13)18)26(22,23)19-8-6-15(7-9-19)25(20,21)12-14-3-2-10-24-14/h2-5,10-11,15H,6-9,12H2,1H3. The van der Waals surface area contributed by atoms with E-state index in [2.05, 4.69) is 0 Å². The van der Waals surface area contributed by atoms with Gasteiger partial charge in [0.1, 0.15) is 17.3 Å². The summed E-state index contributed by atoms with van der Waals surface area (Å²) in [7, 11) is -7.18. The molecule has 0 unspecified atom stereocenters. The van der Waals surface area contributed by atoms with Crippen molar-refractivity contribution in [3.8, 4) is 0 Å². The largest absolute Gasteiger partial charge is 0.468 e. The SMILES string of the molecule is Cc1cc(S(=O)(=O)N2CCC(S(=O)(=O)Cc3ccco3)CC2)ccc1F. The number of sulfone groups is 1. The van der Waals surface area contributed by atoms with Crippen LogP contribution in [0, 0.1) is 12.7 Å². The van der Waals surface area contributed by atoms with Crippen molar-refractivity contribution in [3.63, 3.8) is 0 Å². The Hall–Kier alpha value is -1.71. The Labute approximate surface area is 152 Å². The van der Waals surface area contributed by atoms with Crippen LogP contribution in [0.1, 0.15) is 24.2 Å². The highest BCUT2D eigenvalue weighted by Crippen LogP contribution is 2.26. The Morgan fingerprint density at radius 2 is 1.85 bits per heavy atom. The van der Waals surface area contributed by atoms with Crippen LogP contribution < -0.4 is 0 Å². The summed E-state index contributed by atoms with van der Waals surface area (Å²) in [5.41, 5.74) is 0.252. The maximum Gasteiger partial charge on any atom is 0.243 e. The monoisotopic (exact) mass is 401 g/mol. The first-order chi connectivity index (χ1) is 12.2. The van der Waals surface area contributed by atoms with Crippen molar-refractivity contribution in [1.29, 1.82) is 0 Å². The minimum Gasteiger partial charge on any atom is -0.468 e. The molecule has 0 amide bonds. The molecule has 0 atom stereocenters. The molecule has 2 aromatic rings. The van der Waals surface area contributed by atoms with E-state index in [4.69, 9.17) is 4.42 Å². The minimum absolute atomic E-state index is 0.0216. The summed E-state index contributed by atoms with van der Waals surface area (Å²) in [6, 6.07) is 6.89. The first-order valence-corrected chi connectivity index (χ1v) is 11.4. The highest BCUT2D eigenvalue weighted by atomic mass is 32.2. The van der Waals surface area contributed by atoms with Crippen molar-refractivity contribution >= 4 is 19.9 Å². The zero-order valence-electron chi connectivity index (χ0n) is 14.3. The fraction of sp³-hybridized carbons (Fsp3) is 0.412.